The van der Waals surface area contributed by atoms with Gasteiger partial charge in [-0.25, -0.2) is 8.78 Å². The summed E-state index contributed by atoms with van der Waals surface area (Å²) in [6, 6.07) is 4.75. The van der Waals surface area contributed by atoms with Gasteiger partial charge in [-0.3, -0.25) is 14.5 Å². The lowest BCUT2D eigenvalue weighted by Gasteiger charge is -2.27. The second kappa shape index (κ2) is 6.33. The van der Waals surface area contributed by atoms with Gasteiger partial charge in [-0.2, -0.15) is 0 Å². The average Bonchev–Trinajstić information content (AvgIpc) is 3.09. The number of hydrogen-bond acceptors (Lipinski definition) is 4. The lowest BCUT2D eigenvalue weighted by atomic mass is 9.83. The minimum atomic E-state index is -1.15. The normalized spacial score (nSPS) is 17.8. The summed E-state index contributed by atoms with van der Waals surface area (Å²) >= 11 is 0. The highest BCUT2D eigenvalue weighted by molar-refractivity contribution is 6.17. The number of anilines is 1. The summed E-state index contributed by atoms with van der Waals surface area (Å²) in [6.07, 6.45) is 0. The summed E-state index contributed by atoms with van der Waals surface area (Å²) in [7, 11) is 0. The van der Waals surface area contributed by atoms with E-state index in [1.165, 1.54) is 0 Å². The largest absolute Gasteiger partial charge is 0.503 e. The molecule has 7 heteroatoms. The number of carbonyl (C=O) groups is 2. The van der Waals surface area contributed by atoms with Crippen molar-refractivity contribution in [3.63, 3.8) is 0 Å². The Kier molecular flexibility index (Phi) is 4.41. The molecular formula is C20H19F2NO4. The van der Waals surface area contributed by atoms with E-state index in [2.05, 4.69) is 0 Å². The van der Waals surface area contributed by atoms with Crippen molar-refractivity contribution in [2.24, 2.45) is 5.41 Å². The number of aliphatic hydroxyl groups is 1. The van der Waals surface area contributed by atoms with Crippen LogP contribution in [0.2, 0.25) is 0 Å². The van der Waals surface area contributed by atoms with Crippen molar-refractivity contribution in [2.45, 2.75) is 33.7 Å². The highest BCUT2D eigenvalue weighted by Crippen LogP contribution is 2.44. The molecule has 142 valence electrons. The number of aryl methyl sites for hydroxylation is 1. The van der Waals surface area contributed by atoms with Crippen LogP contribution in [0.25, 0.3) is 0 Å². The van der Waals surface area contributed by atoms with Crippen LogP contribution in [-0.4, -0.2) is 16.8 Å². The standard InChI is InChI=1S/C20H19F2NO4/c1-10-5-8-14(27-10)16-15(18(25)20(2,3)4)17(24)19(26)23(16)13-7-6-11(21)9-12(13)22/h5-9,16,24H,1-4H3. The van der Waals surface area contributed by atoms with Gasteiger partial charge in [-0.15, -0.1) is 0 Å². The summed E-state index contributed by atoms with van der Waals surface area (Å²) in [4.78, 5) is 26.6. The van der Waals surface area contributed by atoms with Crippen LogP contribution in [0.15, 0.2) is 46.1 Å². The van der Waals surface area contributed by atoms with E-state index in [0.717, 1.165) is 17.0 Å². The van der Waals surface area contributed by atoms with E-state index in [4.69, 9.17) is 4.42 Å². The molecule has 1 aromatic heterocycles. The quantitative estimate of drug-likeness (QED) is 0.864. The number of halogens is 2. The Labute approximate surface area is 154 Å². The summed E-state index contributed by atoms with van der Waals surface area (Å²) in [6.45, 7) is 6.61. The van der Waals surface area contributed by atoms with Gasteiger partial charge in [0, 0.05) is 11.5 Å². The highest BCUT2D eigenvalue weighted by atomic mass is 19.1. The Bertz CT molecular complexity index is 969. The highest BCUT2D eigenvalue weighted by Gasteiger charge is 2.48. The van der Waals surface area contributed by atoms with Crippen LogP contribution in [-0.2, 0) is 9.59 Å². The number of aliphatic hydroxyl groups excluding tert-OH is 1. The van der Waals surface area contributed by atoms with Crippen molar-refractivity contribution >= 4 is 17.4 Å². The number of furan rings is 1. The first-order valence-electron chi connectivity index (χ1n) is 8.35. The molecule has 27 heavy (non-hydrogen) atoms. The Morgan fingerprint density at radius 3 is 2.37 bits per heavy atom. The molecule has 0 spiro atoms. The van der Waals surface area contributed by atoms with Crippen LogP contribution >= 0.6 is 0 Å². The molecule has 0 saturated carbocycles. The van der Waals surface area contributed by atoms with Gasteiger partial charge in [0.05, 0.1) is 11.3 Å². The van der Waals surface area contributed by atoms with Gasteiger partial charge >= 0.3 is 0 Å². The van der Waals surface area contributed by atoms with Crippen LogP contribution in [0.4, 0.5) is 14.5 Å². The zero-order valence-corrected chi connectivity index (χ0v) is 15.3. The molecule has 0 fully saturated rings. The van der Waals surface area contributed by atoms with E-state index in [9.17, 15) is 23.5 Å². The molecule has 1 aliphatic rings. The summed E-state index contributed by atoms with van der Waals surface area (Å²) in [5.74, 6) is -3.28. The minimum Gasteiger partial charge on any atom is -0.503 e. The molecule has 1 amide bonds. The molecule has 1 aliphatic heterocycles. The van der Waals surface area contributed by atoms with Crippen LogP contribution in [0.1, 0.15) is 38.3 Å². The zero-order valence-electron chi connectivity index (χ0n) is 15.3. The maximum atomic E-state index is 14.4. The third kappa shape index (κ3) is 3.13. The predicted molar refractivity (Wildman–Crippen MR) is 94.1 cm³/mol. The Morgan fingerprint density at radius 1 is 1.19 bits per heavy atom. The molecule has 0 bridgehead atoms. The molecule has 0 saturated heterocycles. The van der Waals surface area contributed by atoms with Gasteiger partial charge in [0.2, 0.25) is 0 Å². The Morgan fingerprint density at radius 2 is 1.85 bits per heavy atom. The van der Waals surface area contributed by atoms with Gasteiger partial charge < -0.3 is 9.52 Å². The van der Waals surface area contributed by atoms with Crippen LogP contribution < -0.4 is 4.90 Å². The maximum absolute atomic E-state index is 14.4. The molecule has 2 heterocycles. The van der Waals surface area contributed by atoms with Gasteiger partial charge in [0.25, 0.3) is 5.91 Å². The first-order valence-corrected chi connectivity index (χ1v) is 8.35. The van der Waals surface area contributed by atoms with Crippen LogP contribution in [0.5, 0.6) is 0 Å². The summed E-state index contributed by atoms with van der Waals surface area (Å²) in [5.41, 5.74) is -1.34. The van der Waals surface area contributed by atoms with Gasteiger partial charge in [-0.1, -0.05) is 20.8 Å². The van der Waals surface area contributed by atoms with E-state index in [1.807, 2.05) is 0 Å². The van der Waals surface area contributed by atoms with Crippen LogP contribution in [0.3, 0.4) is 0 Å². The van der Waals surface area contributed by atoms with Crippen molar-refractivity contribution in [2.75, 3.05) is 4.90 Å². The van der Waals surface area contributed by atoms with E-state index >= 15 is 0 Å². The van der Waals surface area contributed by atoms with Crippen molar-refractivity contribution in [3.05, 3.63) is 64.8 Å². The van der Waals surface area contributed by atoms with Crippen molar-refractivity contribution in [3.8, 4) is 0 Å². The fourth-order valence-electron chi connectivity index (χ4n) is 3.04. The van der Waals surface area contributed by atoms with Crippen molar-refractivity contribution in [1.82, 2.24) is 0 Å². The number of nitrogens with zero attached hydrogens (tertiary/aromatic N) is 1. The fourth-order valence-corrected chi connectivity index (χ4v) is 3.04. The second-order valence-electron chi connectivity index (χ2n) is 7.46. The van der Waals surface area contributed by atoms with Gasteiger partial charge in [0.1, 0.15) is 29.2 Å². The molecule has 1 atom stereocenters. The van der Waals surface area contributed by atoms with Crippen molar-refractivity contribution < 1.29 is 27.9 Å². The number of benzene rings is 1. The van der Waals surface area contributed by atoms with Crippen molar-refractivity contribution in [1.29, 1.82) is 0 Å². The SMILES string of the molecule is Cc1ccc(C2C(C(=O)C(C)(C)C)=C(O)C(=O)N2c2ccc(F)cc2F)o1. The van der Waals surface area contributed by atoms with Gasteiger partial charge in [-0.05, 0) is 31.2 Å². The number of Topliss-reactive ketones (excluding diaryl/α,β-unsaturated/α-hetero) is 1. The molecule has 2 aromatic rings. The number of rotatable bonds is 3. The Balaban J connectivity index is 2.22. The summed E-state index contributed by atoms with van der Waals surface area (Å²) in [5, 5.41) is 10.4. The molecule has 3 rings (SSSR count). The van der Waals surface area contributed by atoms with E-state index < -0.39 is 40.5 Å². The monoisotopic (exact) mass is 375 g/mol. The van der Waals surface area contributed by atoms with Gasteiger partial charge in [0.15, 0.2) is 11.5 Å². The lowest BCUT2D eigenvalue weighted by Crippen LogP contribution is -2.33. The summed E-state index contributed by atoms with van der Waals surface area (Å²) < 4.78 is 33.3. The minimum absolute atomic E-state index is 0.175. The average molecular weight is 375 g/mol. The Hall–Kier alpha value is -2.96. The molecule has 0 radical (unpaired) electrons. The molecular weight excluding hydrogens is 356 g/mol. The number of carbonyl (C=O) groups excluding carboxylic acids is 2. The lowest BCUT2D eigenvalue weighted by molar-refractivity contribution is -0.123. The second-order valence-corrected chi connectivity index (χ2v) is 7.46. The van der Waals surface area contributed by atoms with Crippen LogP contribution in [0, 0.1) is 24.0 Å². The molecule has 5 nitrogen and oxygen atoms in total. The third-order valence-electron chi connectivity index (χ3n) is 4.33. The predicted octanol–water partition coefficient (Wildman–Crippen LogP) is 4.38. The smallest absolute Gasteiger partial charge is 0.294 e. The van der Waals surface area contributed by atoms with E-state index in [-0.39, 0.29) is 17.0 Å². The van der Waals surface area contributed by atoms with E-state index in [1.54, 1.807) is 39.8 Å². The first kappa shape index (κ1) is 18.8. The maximum Gasteiger partial charge on any atom is 0.294 e. The fraction of sp³-hybridized carbons (Fsp3) is 0.300. The number of hydrogen-bond donors (Lipinski definition) is 1. The van der Waals surface area contributed by atoms with E-state index in [0.29, 0.717) is 11.8 Å². The molecule has 0 aliphatic carbocycles. The number of ketones is 1. The molecule has 1 unspecified atom stereocenters. The molecule has 1 N–H and O–H groups in total. The number of amides is 1. The first-order chi connectivity index (χ1) is 12.5. The zero-order chi connectivity index (χ0) is 20.1. The topological polar surface area (TPSA) is 70.8 Å². The third-order valence-corrected chi connectivity index (χ3v) is 4.33. The molecule has 1 aromatic carbocycles.